The number of hydrogen-bond donors (Lipinski definition) is 2. The molecule has 0 saturated heterocycles. The van der Waals surface area contributed by atoms with Crippen molar-refractivity contribution in [3.63, 3.8) is 0 Å². The summed E-state index contributed by atoms with van der Waals surface area (Å²) in [6, 6.07) is 4.81. The van der Waals surface area contributed by atoms with E-state index in [1.54, 1.807) is 18.2 Å². The SMILES string of the molecule is Cl.Nc1ccc(CC(=O)O)cc1Cl. The third-order valence-electron chi connectivity index (χ3n) is 1.42. The molecule has 3 nitrogen and oxygen atoms in total. The summed E-state index contributed by atoms with van der Waals surface area (Å²) in [5, 5.41) is 8.85. The van der Waals surface area contributed by atoms with Gasteiger partial charge in [0.25, 0.3) is 0 Å². The molecule has 0 amide bonds. The number of nitrogens with two attached hydrogens (primary N) is 1. The van der Waals surface area contributed by atoms with Gasteiger partial charge in [-0.3, -0.25) is 4.79 Å². The summed E-state index contributed by atoms with van der Waals surface area (Å²) in [4.78, 5) is 10.3. The molecule has 13 heavy (non-hydrogen) atoms. The molecule has 0 atom stereocenters. The minimum atomic E-state index is -0.879. The maximum absolute atomic E-state index is 10.3. The van der Waals surface area contributed by atoms with E-state index < -0.39 is 5.97 Å². The normalized spacial score (nSPS) is 9.00. The summed E-state index contributed by atoms with van der Waals surface area (Å²) in [6.45, 7) is 0. The molecule has 0 fully saturated rings. The second kappa shape index (κ2) is 4.94. The van der Waals surface area contributed by atoms with E-state index >= 15 is 0 Å². The van der Waals surface area contributed by atoms with Gasteiger partial charge in [-0.25, -0.2) is 0 Å². The predicted molar refractivity (Wildman–Crippen MR) is 54.5 cm³/mol. The van der Waals surface area contributed by atoms with Crippen LogP contribution in [-0.2, 0) is 11.2 Å². The molecule has 0 unspecified atom stereocenters. The van der Waals surface area contributed by atoms with Gasteiger partial charge in [0.2, 0.25) is 0 Å². The van der Waals surface area contributed by atoms with Crippen molar-refractivity contribution in [1.29, 1.82) is 0 Å². The fourth-order valence-electron chi connectivity index (χ4n) is 0.855. The lowest BCUT2D eigenvalue weighted by atomic mass is 10.1. The lowest BCUT2D eigenvalue weighted by Gasteiger charge is -2.00. The van der Waals surface area contributed by atoms with E-state index in [0.717, 1.165) is 0 Å². The first-order valence-corrected chi connectivity index (χ1v) is 3.73. The smallest absolute Gasteiger partial charge is 0.307 e. The maximum atomic E-state index is 10.3. The number of carbonyl (C=O) groups is 1. The summed E-state index contributed by atoms with van der Waals surface area (Å²) in [7, 11) is 0. The molecule has 5 heteroatoms. The van der Waals surface area contributed by atoms with Gasteiger partial charge in [0.1, 0.15) is 0 Å². The predicted octanol–water partition coefficient (Wildman–Crippen LogP) is 1.97. The second-order valence-corrected chi connectivity index (χ2v) is 2.83. The van der Waals surface area contributed by atoms with E-state index in [4.69, 9.17) is 22.4 Å². The van der Waals surface area contributed by atoms with Crippen molar-refractivity contribution in [2.75, 3.05) is 5.73 Å². The van der Waals surface area contributed by atoms with Crippen molar-refractivity contribution in [3.05, 3.63) is 28.8 Å². The van der Waals surface area contributed by atoms with Gasteiger partial charge in [0, 0.05) is 0 Å². The van der Waals surface area contributed by atoms with E-state index in [1.807, 2.05) is 0 Å². The highest BCUT2D eigenvalue weighted by Gasteiger charge is 2.02. The molecule has 0 bridgehead atoms. The molecule has 1 aromatic carbocycles. The van der Waals surface area contributed by atoms with Crippen LogP contribution in [0.2, 0.25) is 5.02 Å². The third-order valence-corrected chi connectivity index (χ3v) is 1.75. The lowest BCUT2D eigenvalue weighted by molar-refractivity contribution is -0.136. The van der Waals surface area contributed by atoms with Gasteiger partial charge in [-0.15, -0.1) is 12.4 Å². The van der Waals surface area contributed by atoms with Crippen LogP contribution in [0.5, 0.6) is 0 Å². The van der Waals surface area contributed by atoms with Crippen molar-refractivity contribution >= 4 is 35.7 Å². The van der Waals surface area contributed by atoms with Gasteiger partial charge >= 0.3 is 5.97 Å². The molecule has 1 rings (SSSR count). The molecule has 1 aromatic rings. The van der Waals surface area contributed by atoms with Crippen LogP contribution in [0.3, 0.4) is 0 Å². The van der Waals surface area contributed by atoms with Crippen molar-refractivity contribution in [2.24, 2.45) is 0 Å². The molecule has 0 aliphatic rings. The molecule has 0 saturated carbocycles. The van der Waals surface area contributed by atoms with E-state index in [1.165, 1.54) is 0 Å². The number of hydrogen-bond acceptors (Lipinski definition) is 2. The lowest BCUT2D eigenvalue weighted by Crippen LogP contribution is -2.00. The summed E-state index contributed by atoms with van der Waals surface area (Å²) in [5.74, 6) is -0.879. The Balaban J connectivity index is 0.00000144. The number of benzene rings is 1. The molecule has 3 N–H and O–H groups in total. The van der Waals surface area contributed by atoms with Crippen molar-refractivity contribution in [2.45, 2.75) is 6.42 Å². The zero-order chi connectivity index (χ0) is 9.14. The molecule has 0 aliphatic heterocycles. The zero-order valence-electron chi connectivity index (χ0n) is 6.66. The number of carboxylic acids is 1. The Bertz CT molecular complexity index is 315. The van der Waals surface area contributed by atoms with Gasteiger partial charge in [-0.2, -0.15) is 0 Å². The molecule has 0 heterocycles. The quantitative estimate of drug-likeness (QED) is 0.752. The van der Waals surface area contributed by atoms with Gasteiger partial charge in [0.15, 0.2) is 0 Å². The van der Waals surface area contributed by atoms with Crippen LogP contribution in [0.4, 0.5) is 5.69 Å². The highest BCUT2D eigenvalue weighted by atomic mass is 35.5. The largest absolute Gasteiger partial charge is 0.481 e. The van der Waals surface area contributed by atoms with E-state index in [-0.39, 0.29) is 18.8 Å². The van der Waals surface area contributed by atoms with Crippen LogP contribution in [0, 0.1) is 0 Å². The number of halogens is 2. The van der Waals surface area contributed by atoms with Crippen LogP contribution in [0.25, 0.3) is 0 Å². The monoisotopic (exact) mass is 221 g/mol. The van der Waals surface area contributed by atoms with Gasteiger partial charge in [-0.1, -0.05) is 17.7 Å². The van der Waals surface area contributed by atoms with Gasteiger partial charge in [-0.05, 0) is 17.7 Å². The van der Waals surface area contributed by atoms with E-state index in [0.29, 0.717) is 16.3 Å². The zero-order valence-corrected chi connectivity index (χ0v) is 8.23. The number of rotatable bonds is 2. The van der Waals surface area contributed by atoms with Crippen LogP contribution < -0.4 is 5.73 Å². The fourth-order valence-corrected chi connectivity index (χ4v) is 1.06. The first-order chi connectivity index (χ1) is 5.59. The molecule has 72 valence electrons. The number of anilines is 1. The van der Waals surface area contributed by atoms with Gasteiger partial charge in [0.05, 0.1) is 17.1 Å². The van der Waals surface area contributed by atoms with Crippen LogP contribution in [0.1, 0.15) is 5.56 Å². The Hall–Kier alpha value is -0.930. The van der Waals surface area contributed by atoms with Crippen molar-refractivity contribution < 1.29 is 9.90 Å². The van der Waals surface area contributed by atoms with E-state index in [2.05, 4.69) is 0 Å². The Morgan fingerprint density at radius 3 is 2.62 bits per heavy atom. The first-order valence-electron chi connectivity index (χ1n) is 3.35. The second-order valence-electron chi connectivity index (χ2n) is 2.43. The Morgan fingerprint density at radius 1 is 1.54 bits per heavy atom. The summed E-state index contributed by atoms with van der Waals surface area (Å²) >= 11 is 5.68. The summed E-state index contributed by atoms with van der Waals surface area (Å²) < 4.78 is 0. The highest BCUT2D eigenvalue weighted by molar-refractivity contribution is 6.33. The van der Waals surface area contributed by atoms with Crippen LogP contribution in [-0.4, -0.2) is 11.1 Å². The molecule has 0 radical (unpaired) electrons. The van der Waals surface area contributed by atoms with Crippen molar-refractivity contribution in [1.82, 2.24) is 0 Å². The van der Waals surface area contributed by atoms with Crippen LogP contribution in [0.15, 0.2) is 18.2 Å². The highest BCUT2D eigenvalue weighted by Crippen LogP contribution is 2.19. The number of carboxylic acid groups (broad SMARTS) is 1. The maximum Gasteiger partial charge on any atom is 0.307 e. The Labute approximate surface area is 86.9 Å². The van der Waals surface area contributed by atoms with Crippen molar-refractivity contribution in [3.8, 4) is 0 Å². The number of nitrogen functional groups attached to an aromatic ring is 1. The van der Waals surface area contributed by atoms with Gasteiger partial charge < -0.3 is 10.8 Å². The fraction of sp³-hybridized carbons (Fsp3) is 0.125. The molecule has 0 aliphatic carbocycles. The number of aliphatic carboxylic acids is 1. The molecule has 0 aromatic heterocycles. The topological polar surface area (TPSA) is 63.3 Å². The van der Waals surface area contributed by atoms with E-state index in [9.17, 15) is 4.79 Å². The standard InChI is InChI=1S/C8H8ClNO2.ClH/c9-6-3-5(4-8(11)12)1-2-7(6)10;/h1-3H,4,10H2,(H,11,12);1H. The minimum absolute atomic E-state index is 0. The minimum Gasteiger partial charge on any atom is -0.481 e. The molecular weight excluding hydrogens is 213 g/mol. The van der Waals surface area contributed by atoms with Crippen LogP contribution >= 0.6 is 24.0 Å². The third kappa shape index (κ3) is 3.53. The Morgan fingerprint density at radius 2 is 2.15 bits per heavy atom. The molecular formula is C8H9Cl2NO2. The summed E-state index contributed by atoms with van der Waals surface area (Å²) in [5.41, 5.74) is 6.56. The average Bonchev–Trinajstić information content (AvgIpc) is 1.96. The first kappa shape index (κ1) is 12.1. The summed E-state index contributed by atoms with van der Waals surface area (Å²) in [6.07, 6.45) is -0.0278. The molecule has 0 spiro atoms. The average molecular weight is 222 g/mol. The Kier molecular flexibility index (Phi) is 4.59.